The number of nitrogens with one attached hydrogen (secondary N) is 1. The molecule has 0 bridgehead atoms. The lowest BCUT2D eigenvalue weighted by atomic mass is 10.0. The Bertz CT molecular complexity index is 1100. The summed E-state index contributed by atoms with van der Waals surface area (Å²) in [6.07, 6.45) is 5.10. The Balaban J connectivity index is 1.47. The zero-order valence-corrected chi connectivity index (χ0v) is 17.5. The first-order valence-electron chi connectivity index (χ1n) is 10.5. The van der Waals surface area contributed by atoms with Crippen LogP contribution < -0.4 is 10.2 Å². The predicted molar refractivity (Wildman–Crippen MR) is 121 cm³/mol. The monoisotopic (exact) mass is 418 g/mol. The van der Waals surface area contributed by atoms with Crippen molar-refractivity contribution in [3.8, 4) is 11.5 Å². The molecular formula is C25H26N2O4. The van der Waals surface area contributed by atoms with Crippen molar-refractivity contribution in [3.05, 3.63) is 71.3 Å². The summed E-state index contributed by atoms with van der Waals surface area (Å²) in [7, 11) is 0. The van der Waals surface area contributed by atoms with Gasteiger partial charge in [-0.25, -0.2) is 5.43 Å². The smallest absolute Gasteiger partial charge is 0.271 e. The van der Waals surface area contributed by atoms with E-state index in [0.717, 1.165) is 41.5 Å². The maximum atomic E-state index is 12.3. The standard InChI is InChI=1S/C25H26N2O4/c1-17-14-18(9-11-23(17)28)25(29)27-26-15-19-10-12-24(22-8-3-2-7-21(19)22)31-16-20-6-4-5-13-30-20/h2-3,7-12,14-15,20,28H,4-6,13,16H2,1H3,(H,27,29)/b26-15+. The van der Waals surface area contributed by atoms with Gasteiger partial charge in [0.25, 0.3) is 5.91 Å². The molecular weight excluding hydrogens is 392 g/mol. The number of carbonyl (C=O) groups excluding carboxylic acids is 1. The van der Waals surface area contributed by atoms with Crippen molar-refractivity contribution in [1.29, 1.82) is 0 Å². The highest BCUT2D eigenvalue weighted by Gasteiger charge is 2.15. The van der Waals surface area contributed by atoms with E-state index in [1.54, 1.807) is 25.3 Å². The third kappa shape index (κ3) is 5.03. The maximum absolute atomic E-state index is 12.3. The molecule has 0 aliphatic carbocycles. The van der Waals surface area contributed by atoms with Gasteiger partial charge in [0.15, 0.2) is 0 Å². The van der Waals surface area contributed by atoms with E-state index in [0.29, 0.717) is 17.7 Å². The average molecular weight is 418 g/mol. The van der Waals surface area contributed by atoms with Crippen LogP contribution in [0.3, 0.4) is 0 Å². The van der Waals surface area contributed by atoms with E-state index in [9.17, 15) is 9.90 Å². The van der Waals surface area contributed by atoms with Crippen LogP contribution in [-0.4, -0.2) is 36.5 Å². The molecule has 1 amide bonds. The van der Waals surface area contributed by atoms with Gasteiger partial charge in [-0.3, -0.25) is 4.79 Å². The molecule has 6 nitrogen and oxygen atoms in total. The second-order valence-corrected chi connectivity index (χ2v) is 7.70. The van der Waals surface area contributed by atoms with Crippen LogP contribution in [0.1, 0.15) is 40.7 Å². The quantitative estimate of drug-likeness (QED) is 0.454. The van der Waals surface area contributed by atoms with Crippen molar-refractivity contribution < 1.29 is 19.4 Å². The van der Waals surface area contributed by atoms with Crippen molar-refractivity contribution in [2.75, 3.05) is 13.2 Å². The molecule has 0 aromatic heterocycles. The third-order valence-corrected chi connectivity index (χ3v) is 5.45. The summed E-state index contributed by atoms with van der Waals surface area (Å²) in [4.78, 5) is 12.3. The van der Waals surface area contributed by atoms with Crippen molar-refractivity contribution >= 4 is 22.9 Å². The molecule has 1 aliphatic heterocycles. The van der Waals surface area contributed by atoms with E-state index >= 15 is 0 Å². The molecule has 1 aliphatic rings. The lowest BCUT2D eigenvalue weighted by molar-refractivity contribution is -0.0107. The number of nitrogens with zero attached hydrogens (tertiary/aromatic N) is 1. The molecule has 6 heteroatoms. The fraction of sp³-hybridized carbons (Fsp3) is 0.280. The zero-order valence-electron chi connectivity index (χ0n) is 17.5. The number of hydrogen-bond acceptors (Lipinski definition) is 5. The Labute approximate surface area is 181 Å². The van der Waals surface area contributed by atoms with E-state index < -0.39 is 0 Å². The molecule has 1 unspecified atom stereocenters. The van der Waals surface area contributed by atoms with Crippen molar-refractivity contribution in [2.45, 2.75) is 32.3 Å². The lowest BCUT2D eigenvalue weighted by Gasteiger charge is -2.23. The topological polar surface area (TPSA) is 80.2 Å². The number of ether oxygens (including phenoxy) is 2. The fourth-order valence-electron chi connectivity index (χ4n) is 3.68. The van der Waals surface area contributed by atoms with E-state index in [4.69, 9.17) is 9.47 Å². The first-order valence-corrected chi connectivity index (χ1v) is 10.5. The molecule has 0 radical (unpaired) electrons. The number of phenols is 1. The number of rotatable bonds is 6. The van der Waals surface area contributed by atoms with Crippen LogP contribution in [-0.2, 0) is 4.74 Å². The largest absolute Gasteiger partial charge is 0.508 e. The highest BCUT2D eigenvalue weighted by atomic mass is 16.5. The molecule has 160 valence electrons. The summed E-state index contributed by atoms with van der Waals surface area (Å²) in [6.45, 7) is 3.09. The number of fused-ring (bicyclic) bond motifs is 1. The number of benzene rings is 3. The van der Waals surface area contributed by atoms with Crippen LogP contribution in [0, 0.1) is 6.92 Å². The summed E-state index contributed by atoms with van der Waals surface area (Å²) >= 11 is 0. The highest BCUT2D eigenvalue weighted by molar-refractivity contribution is 6.03. The van der Waals surface area contributed by atoms with E-state index in [2.05, 4.69) is 10.5 Å². The molecule has 1 atom stereocenters. The summed E-state index contributed by atoms with van der Waals surface area (Å²) in [5.41, 5.74) is 4.49. The Morgan fingerprint density at radius 2 is 2.03 bits per heavy atom. The fourth-order valence-corrected chi connectivity index (χ4v) is 3.68. The van der Waals surface area contributed by atoms with Gasteiger partial charge in [0.05, 0.1) is 12.3 Å². The minimum absolute atomic E-state index is 0.146. The van der Waals surface area contributed by atoms with E-state index in [1.807, 2.05) is 36.4 Å². The van der Waals surface area contributed by atoms with Gasteiger partial charge in [-0.1, -0.05) is 24.3 Å². The summed E-state index contributed by atoms with van der Waals surface area (Å²) < 4.78 is 11.8. The zero-order chi connectivity index (χ0) is 21.6. The molecule has 1 heterocycles. The molecule has 31 heavy (non-hydrogen) atoms. The van der Waals surface area contributed by atoms with Crippen LogP contribution in [0.15, 0.2) is 59.7 Å². The molecule has 4 rings (SSSR count). The summed E-state index contributed by atoms with van der Waals surface area (Å²) in [6, 6.07) is 16.5. The summed E-state index contributed by atoms with van der Waals surface area (Å²) in [5, 5.41) is 15.7. The van der Waals surface area contributed by atoms with Gasteiger partial charge >= 0.3 is 0 Å². The van der Waals surface area contributed by atoms with Crippen molar-refractivity contribution in [2.24, 2.45) is 5.10 Å². The Hall–Kier alpha value is -3.38. The molecule has 2 N–H and O–H groups in total. The van der Waals surface area contributed by atoms with Crippen molar-refractivity contribution in [1.82, 2.24) is 5.43 Å². The Kier molecular flexibility index (Phi) is 6.48. The van der Waals surface area contributed by atoms with Gasteiger partial charge in [0.1, 0.15) is 18.1 Å². The van der Waals surface area contributed by atoms with E-state index in [1.165, 1.54) is 12.5 Å². The van der Waals surface area contributed by atoms with Crippen LogP contribution in [0.4, 0.5) is 0 Å². The number of aryl methyl sites for hydroxylation is 1. The average Bonchev–Trinajstić information content (AvgIpc) is 2.80. The van der Waals surface area contributed by atoms with Gasteiger partial charge in [0.2, 0.25) is 0 Å². The predicted octanol–water partition coefficient (Wildman–Crippen LogP) is 4.57. The summed E-state index contributed by atoms with van der Waals surface area (Å²) in [5.74, 6) is 0.630. The molecule has 3 aromatic rings. The van der Waals surface area contributed by atoms with E-state index in [-0.39, 0.29) is 17.8 Å². The molecule has 0 spiro atoms. The first kappa shape index (κ1) is 20.9. The maximum Gasteiger partial charge on any atom is 0.271 e. The van der Waals surface area contributed by atoms with Crippen LogP contribution in [0.5, 0.6) is 11.5 Å². The second-order valence-electron chi connectivity index (χ2n) is 7.70. The van der Waals surface area contributed by atoms with Gasteiger partial charge in [-0.05, 0) is 67.5 Å². The third-order valence-electron chi connectivity index (χ3n) is 5.45. The first-order chi connectivity index (χ1) is 15.1. The number of hydrazone groups is 1. The number of carbonyl (C=O) groups is 1. The Morgan fingerprint density at radius 3 is 2.81 bits per heavy atom. The SMILES string of the molecule is Cc1cc(C(=O)N/N=C/c2ccc(OCC3CCCCO3)c3ccccc23)ccc1O. The van der Waals surface area contributed by atoms with Gasteiger partial charge in [0, 0.05) is 23.1 Å². The molecule has 1 fully saturated rings. The minimum Gasteiger partial charge on any atom is -0.508 e. The number of aromatic hydroxyl groups is 1. The van der Waals surface area contributed by atoms with Crippen LogP contribution in [0.2, 0.25) is 0 Å². The second kappa shape index (κ2) is 9.62. The van der Waals surface area contributed by atoms with Crippen LogP contribution in [0.25, 0.3) is 10.8 Å². The molecule has 3 aromatic carbocycles. The molecule has 0 saturated carbocycles. The number of phenolic OH excluding ortho intramolecular Hbond substituents is 1. The van der Waals surface area contributed by atoms with Crippen molar-refractivity contribution in [3.63, 3.8) is 0 Å². The lowest BCUT2D eigenvalue weighted by Crippen LogP contribution is -2.25. The Morgan fingerprint density at radius 1 is 1.19 bits per heavy atom. The number of hydrogen-bond donors (Lipinski definition) is 2. The van der Waals surface area contributed by atoms with Crippen LogP contribution >= 0.6 is 0 Å². The highest BCUT2D eigenvalue weighted by Crippen LogP contribution is 2.28. The minimum atomic E-state index is -0.337. The van der Waals surface area contributed by atoms with Gasteiger partial charge < -0.3 is 14.6 Å². The van der Waals surface area contributed by atoms with Gasteiger partial charge in [-0.15, -0.1) is 0 Å². The number of amides is 1. The van der Waals surface area contributed by atoms with Gasteiger partial charge in [-0.2, -0.15) is 5.10 Å². The molecule has 1 saturated heterocycles. The normalized spacial score (nSPS) is 16.5.